The van der Waals surface area contributed by atoms with Crippen LogP contribution in [0.25, 0.3) is 0 Å². The first-order valence-electron chi connectivity index (χ1n) is 13.8. The van der Waals surface area contributed by atoms with Crippen molar-refractivity contribution in [2.75, 3.05) is 6.54 Å². The smallest absolute Gasteiger partial charge is 0.408 e. The average molecular weight is 518 g/mol. The van der Waals surface area contributed by atoms with Crippen molar-refractivity contribution in [2.24, 2.45) is 5.92 Å². The van der Waals surface area contributed by atoms with Crippen molar-refractivity contribution in [3.63, 3.8) is 0 Å². The van der Waals surface area contributed by atoms with Crippen LogP contribution in [0.5, 0.6) is 0 Å². The third kappa shape index (κ3) is 12.5. The molecule has 7 nitrogen and oxygen atoms in total. The second-order valence-electron chi connectivity index (χ2n) is 12.2. The molecule has 0 aliphatic carbocycles. The van der Waals surface area contributed by atoms with Crippen LogP contribution in [0.1, 0.15) is 112 Å². The fraction of sp³-hybridized carbons (Fsp3) is 0.700. The molecule has 0 saturated carbocycles. The summed E-state index contributed by atoms with van der Waals surface area (Å²) in [5.74, 6) is -0.723. The Balaban J connectivity index is 3.37. The van der Waals surface area contributed by atoms with Crippen molar-refractivity contribution in [3.05, 3.63) is 35.9 Å². The summed E-state index contributed by atoms with van der Waals surface area (Å²) in [7, 11) is 0. The van der Waals surface area contributed by atoms with Gasteiger partial charge in [-0.05, 0) is 59.4 Å². The summed E-state index contributed by atoms with van der Waals surface area (Å²) in [5.41, 5.74) is -0.416. The number of amides is 3. The number of nitrogens with zero attached hydrogens (tertiary/aromatic N) is 1. The highest BCUT2D eigenvalue weighted by molar-refractivity contribution is 5.92. The van der Waals surface area contributed by atoms with Gasteiger partial charge in [-0.1, -0.05) is 83.2 Å². The maximum Gasteiger partial charge on any atom is 0.408 e. The molecule has 0 heterocycles. The molecule has 1 aromatic carbocycles. The Bertz CT molecular complexity index is 841. The van der Waals surface area contributed by atoms with E-state index in [0.717, 1.165) is 31.2 Å². The minimum Gasteiger partial charge on any atom is -0.444 e. The number of carbonyl (C=O) groups is 3. The van der Waals surface area contributed by atoms with Crippen molar-refractivity contribution in [1.29, 1.82) is 0 Å². The van der Waals surface area contributed by atoms with Crippen molar-refractivity contribution >= 4 is 17.9 Å². The second-order valence-corrected chi connectivity index (χ2v) is 12.2. The lowest BCUT2D eigenvalue weighted by atomic mass is 9.97. The number of hydrogen-bond donors (Lipinski definition) is 2. The largest absolute Gasteiger partial charge is 0.444 e. The van der Waals surface area contributed by atoms with Crippen LogP contribution >= 0.6 is 0 Å². The van der Waals surface area contributed by atoms with Gasteiger partial charge in [-0.15, -0.1) is 0 Å². The molecule has 0 bridgehead atoms. The second kappa shape index (κ2) is 15.0. The normalized spacial score (nSPS) is 13.6. The molecule has 2 unspecified atom stereocenters. The van der Waals surface area contributed by atoms with Crippen LogP contribution in [0.15, 0.2) is 30.3 Å². The minimum absolute atomic E-state index is 0.200. The summed E-state index contributed by atoms with van der Waals surface area (Å²) in [4.78, 5) is 42.1. The van der Waals surface area contributed by atoms with Gasteiger partial charge >= 0.3 is 6.09 Å². The molecule has 0 aliphatic rings. The van der Waals surface area contributed by atoms with Gasteiger partial charge in [0.2, 0.25) is 11.8 Å². The molecule has 1 aromatic rings. The molecule has 0 saturated heterocycles. The van der Waals surface area contributed by atoms with Gasteiger partial charge in [-0.3, -0.25) is 9.59 Å². The monoisotopic (exact) mass is 517 g/mol. The van der Waals surface area contributed by atoms with Gasteiger partial charge in [-0.2, -0.15) is 0 Å². The Labute approximate surface area is 225 Å². The van der Waals surface area contributed by atoms with Gasteiger partial charge < -0.3 is 20.3 Å². The quantitative estimate of drug-likeness (QED) is 0.297. The summed E-state index contributed by atoms with van der Waals surface area (Å²) >= 11 is 0. The number of nitrogens with one attached hydrogen (secondary N) is 2. The molecule has 0 aliphatic heterocycles. The lowest BCUT2D eigenvalue weighted by Crippen LogP contribution is -2.56. The van der Waals surface area contributed by atoms with E-state index in [9.17, 15) is 14.4 Å². The molecule has 0 fully saturated rings. The summed E-state index contributed by atoms with van der Waals surface area (Å²) in [6.07, 6.45) is 5.71. The molecule has 37 heavy (non-hydrogen) atoms. The van der Waals surface area contributed by atoms with Crippen LogP contribution in [-0.2, 0) is 14.3 Å². The zero-order valence-electron chi connectivity index (χ0n) is 24.6. The van der Waals surface area contributed by atoms with E-state index in [-0.39, 0.29) is 17.7 Å². The lowest BCUT2D eigenvalue weighted by molar-refractivity contribution is -0.144. The number of alkyl carbamates (subject to hydrolysis) is 1. The maximum atomic E-state index is 14.1. The van der Waals surface area contributed by atoms with E-state index in [1.54, 1.807) is 25.7 Å². The lowest BCUT2D eigenvalue weighted by Gasteiger charge is -2.37. The molecule has 3 amide bonds. The van der Waals surface area contributed by atoms with Crippen LogP contribution in [0, 0.1) is 5.92 Å². The molecule has 1 rings (SSSR count). The van der Waals surface area contributed by atoms with E-state index >= 15 is 0 Å². The zero-order valence-corrected chi connectivity index (χ0v) is 24.6. The number of carbonyl (C=O) groups excluding carboxylic acids is 3. The topological polar surface area (TPSA) is 87.7 Å². The van der Waals surface area contributed by atoms with Crippen molar-refractivity contribution in [3.8, 4) is 0 Å². The van der Waals surface area contributed by atoms with Gasteiger partial charge in [0.1, 0.15) is 17.7 Å². The summed E-state index contributed by atoms with van der Waals surface area (Å²) in [6.45, 7) is 17.5. The first-order valence-corrected chi connectivity index (χ1v) is 13.8. The standard InChI is InChI=1S/C30H51N3O4/c1-10-11-12-13-14-18-21-33(27(35)24(22(2)3)31-28(36)37-30(7,8)9)25(23-19-16-15-17-20-23)26(34)32-29(4,5)6/h15-17,19-20,22,24-25H,10-14,18,21H2,1-9H3,(H,31,36)(H,32,34). The Morgan fingerprint density at radius 2 is 1.46 bits per heavy atom. The third-order valence-electron chi connectivity index (χ3n) is 5.81. The van der Waals surface area contributed by atoms with Crippen LogP contribution in [0.2, 0.25) is 0 Å². The fourth-order valence-electron chi connectivity index (χ4n) is 4.10. The van der Waals surface area contributed by atoms with Crippen LogP contribution in [0.4, 0.5) is 4.79 Å². The number of hydrogen-bond acceptors (Lipinski definition) is 4. The van der Waals surface area contributed by atoms with E-state index in [0.29, 0.717) is 6.54 Å². The van der Waals surface area contributed by atoms with E-state index in [4.69, 9.17) is 4.74 Å². The van der Waals surface area contributed by atoms with E-state index in [1.165, 1.54) is 12.8 Å². The Morgan fingerprint density at radius 3 is 1.97 bits per heavy atom. The predicted molar refractivity (Wildman–Crippen MR) is 150 cm³/mol. The van der Waals surface area contributed by atoms with Gasteiger partial charge in [0.05, 0.1) is 0 Å². The number of unbranched alkanes of at least 4 members (excludes halogenated alkanes) is 5. The summed E-state index contributed by atoms with van der Waals surface area (Å²) < 4.78 is 5.44. The van der Waals surface area contributed by atoms with E-state index in [2.05, 4.69) is 17.6 Å². The SMILES string of the molecule is CCCCCCCCN(C(=O)C(NC(=O)OC(C)(C)C)C(C)C)C(C(=O)NC(C)(C)C)c1ccccc1. The van der Waals surface area contributed by atoms with Gasteiger partial charge in [0.15, 0.2) is 0 Å². The van der Waals surface area contributed by atoms with Crippen LogP contribution in [0.3, 0.4) is 0 Å². The van der Waals surface area contributed by atoms with E-state index in [1.807, 2.05) is 65.0 Å². The molecule has 0 radical (unpaired) electrons. The molecule has 2 N–H and O–H groups in total. The van der Waals surface area contributed by atoms with Gasteiger partial charge in [0.25, 0.3) is 0 Å². The molecule has 0 aromatic heterocycles. The summed E-state index contributed by atoms with van der Waals surface area (Å²) in [6, 6.07) is 7.75. The molecule has 7 heteroatoms. The molecular weight excluding hydrogens is 466 g/mol. The molecular formula is C30H51N3O4. The Hall–Kier alpha value is -2.57. The minimum atomic E-state index is -0.830. The van der Waals surface area contributed by atoms with Crippen molar-refractivity contribution in [1.82, 2.24) is 15.5 Å². The van der Waals surface area contributed by atoms with Crippen molar-refractivity contribution in [2.45, 2.75) is 124 Å². The molecule has 0 spiro atoms. The highest BCUT2D eigenvalue weighted by Crippen LogP contribution is 2.25. The van der Waals surface area contributed by atoms with Gasteiger partial charge in [0, 0.05) is 12.1 Å². The Kier molecular flexibility index (Phi) is 13.2. The predicted octanol–water partition coefficient (Wildman–Crippen LogP) is 6.38. The first-order chi connectivity index (χ1) is 17.2. The number of benzene rings is 1. The number of ether oxygens (including phenoxy) is 1. The highest BCUT2D eigenvalue weighted by Gasteiger charge is 2.38. The van der Waals surface area contributed by atoms with Gasteiger partial charge in [-0.25, -0.2) is 4.79 Å². The number of rotatable bonds is 13. The third-order valence-corrected chi connectivity index (χ3v) is 5.81. The maximum absolute atomic E-state index is 14.1. The summed E-state index contributed by atoms with van der Waals surface area (Å²) in [5, 5.41) is 5.85. The Morgan fingerprint density at radius 1 is 0.892 bits per heavy atom. The average Bonchev–Trinajstić information content (AvgIpc) is 2.76. The van der Waals surface area contributed by atoms with Crippen LogP contribution in [-0.4, -0.2) is 46.5 Å². The molecule has 210 valence electrons. The highest BCUT2D eigenvalue weighted by atomic mass is 16.6. The van der Waals surface area contributed by atoms with Crippen LogP contribution < -0.4 is 10.6 Å². The fourth-order valence-corrected chi connectivity index (χ4v) is 4.10. The first kappa shape index (κ1) is 32.5. The zero-order chi connectivity index (χ0) is 28.2. The van der Waals surface area contributed by atoms with E-state index < -0.39 is 29.3 Å². The molecule has 2 atom stereocenters. The van der Waals surface area contributed by atoms with Crippen molar-refractivity contribution < 1.29 is 19.1 Å².